The molecule has 2 aromatic rings. The van der Waals surface area contributed by atoms with Gasteiger partial charge in [-0.1, -0.05) is 18.2 Å². The highest BCUT2D eigenvalue weighted by atomic mass is 16.5. The van der Waals surface area contributed by atoms with Crippen LogP contribution in [0.5, 0.6) is 11.5 Å². The highest BCUT2D eigenvalue weighted by molar-refractivity contribution is 5.96. The molecule has 1 amide bonds. The van der Waals surface area contributed by atoms with E-state index in [9.17, 15) is 4.79 Å². The molecule has 1 atom stereocenters. The molecule has 1 unspecified atom stereocenters. The molecule has 26 heavy (non-hydrogen) atoms. The van der Waals surface area contributed by atoms with E-state index in [-0.39, 0.29) is 11.9 Å². The van der Waals surface area contributed by atoms with Crippen LogP contribution in [-0.2, 0) is 11.2 Å². The first-order valence-electron chi connectivity index (χ1n) is 9.06. The van der Waals surface area contributed by atoms with Crippen molar-refractivity contribution < 1.29 is 14.3 Å². The molecule has 138 valence electrons. The lowest BCUT2D eigenvalue weighted by Crippen LogP contribution is -2.37. The normalized spacial score (nSPS) is 15.6. The molecule has 0 radical (unpaired) electrons. The maximum absolute atomic E-state index is 12.6. The minimum atomic E-state index is 0.172. The van der Waals surface area contributed by atoms with E-state index in [4.69, 9.17) is 9.47 Å². The van der Waals surface area contributed by atoms with Gasteiger partial charge in [-0.05, 0) is 49.2 Å². The van der Waals surface area contributed by atoms with Gasteiger partial charge < -0.3 is 19.7 Å². The zero-order valence-corrected chi connectivity index (χ0v) is 15.4. The molecule has 1 N–H and O–H groups in total. The van der Waals surface area contributed by atoms with Crippen molar-refractivity contribution in [2.24, 2.45) is 0 Å². The van der Waals surface area contributed by atoms with Gasteiger partial charge in [-0.2, -0.15) is 0 Å². The molecule has 0 saturated heterocycles. The van der Waals surface area contributed by atoms with E-state index < -0.39 is 0 Å². The first kappa shape index (κ1) is 18.3. The monoisotopic (exact) mass is 354 g/mol. The van der Waals surface area contributed by atoms with Crippen LogP contribution < -0.4 is 19.7 Å². The Kier molecular flexibility index (Phi) is 6.12. The number of nitrogens with one attached hydrogen (secondary N) is 1. The van der Waals surface area contributed by atoms with Crippen molar-refractivity contribution in [2.45, 2.75) is 25.8 Å². The van der Waals surface area contributed by atoms with Crippen LogP contribution in [0.4, 0.5) is 5.69 Å². The zero-order chi connectivity index (χ0) is 18.4. The first-order valence-corrected chi connectivity index (χ1v) is 9.06. The van der Waals surface area contributed by atoms with Gasteiger partial charge in [-0.25, -0.2) is 0 Å². The molecule has 2 aromatic carbocycles. The van der Waals surface area contributed by atoms with Crippen molar-refractivity contribution in [3.8, 4) is 11.5 Å². The van der Waals surface area contributed by atoms with E-state index in [1.165, 1.54) is 5.56 Å². The Morgan fingerprint density at radius 1 is 1.12 bits per heavy atom. The highest BCUT2D eigenvalue weighted by Gasteiger charge is 2.29. The van der Waals surface area contributed by atoms with Crippen LogP contribution in [0.3, 0.4) is 0 Å². The number of para-hydroxylation sites is 1. The zero-order valence-electron chi connectivity index (χ0n) is 15.4. The van der Waals surface area contributed by atoms with Crippen LogP contribution in [0, 0.1) is 0 Å². The van der Waals surface area contributed by atoms with E-state index in [1.54, 1.807) is 7.11 Å². The Balaban J connectivity index is 1.36. The lowest BCUT2D eigenvalue weighted by Gasteiger charge is -2.22. The second-order valence-corrected chi connectivity index (χ2v) is 6.47. The second kappa shape index (κ2) is 8.72. The van der Waals surface area contributed by atoms with Crippen LogP contribution in [0.15, 0.2) is 48.5 Å². The van der Waals surface area contributed by atoms with Gasteiger partial charge in [0, 0.05) is 31.2 Å². The van der Waals surface area contributed by atoms with E-state index in [0.717, 1.165) is 23.6 Å². The van der Waals surface area contributed by atoms with Crippen molar-refractivity contribution >= 4 is 11.6 Å². The summed E-state index contributed by atoms with van der Waals surface area (Å²) < 4.78 is 10.8. The summed E-state index contributed by atoms with van der Waals surface area (Å²) in [6.45, 7) is 4.01. The summed E-state index contributed by atoms with van der Waals surface area (Å²) in [5.41, 5.74) is 2.32. The molecule has 1 aliphatic rings. The summed E-state index contributed by atoms with van der Waals surface area (Å²) in [4.78, 5) is 14.5. The molecule has 0 aromatic heterocycles. The molecule has 0 spiro atoms. The van der Waals surface area contributed by atoms with Gasteiger partial charge in [0.25, 0.3) is 0 Å². The maximum Gasteiger partial charge on any atom is 0.228 e. The van der Waals surface area contributed by atoms with Crippen molar-refractivity contribution in [1.82, 2.24) is 5.32 Å². The van der Waals surface area contributed by atoms with Crippen molar-refractivity contribution in [1.29, 1.82) is 0 Å². The van der Waals surface area contributed by atoms with Gasteiger partial charge in [-0.15, -0.1) is 0 Å². The topological polar surface area (TPSA) is 50.8 Å². The largest absolute Gasteiger partial charge is 0.497 e. The molecule has 5 nitrogen and oxygen atoms in total. The third-order valence-electron chi connectivity index (χ3n) is 4.60. The number of rotatable bonds is 8. The number of fused-ring (bicyclic) bond motifs is 1. The number of methoxy groups -OCH3 is 1. The maximum atomic E-state index is 12.6. The number of carbonyl (C=O) groups is 1. The Labute approximate surface area is 154 Å². The Hall–Kier alpha value is -2.53. The predicted molar refractivity (Wildman–Crippen MR) is 103 cm³/mol. The molecule has 3 rings (SSSR count). The first-order chi connectivity index (χ1) is 12.7. The van der Waals surface area contributed by atoms with Gasteiger partial charge in [-0.3, -0.25) is 4.79 Å². The number of nitrogens with zero attached hydrogens (tertiary/aromatic N) is 1. The molecule has 5 heteroatoms. The van der Waals surface area contributed by atoms with Crippen LogP contribution in [0.1, 0.15) is 18.9 Å². The molecule has 0 aliphatic carbocycles. The van der Waals surface area contributed by atoms with E-state index in [2.05, 4.69) is 18.3 Å². The fourth-order valence-corrected chi connectivity index (χ4v) is 3.30. The van der Waals surface area contributed by atoms with Crippen LogP contribution in [0.2, 0.25) is 0 Å². The number of hydrogen-bond acceptors (Lipinski definition) is 4. The minimum Gasteiger partial charge on any atom is -0.497 e. The summed E-state index contributed by atoms with van der Waals surface area (Å²) in [7, 11) is 1.64. The van der Waals surface area contributed by atoms with Gasteiger partial charge >= 0.3 is 0 Å². The lowest BCUT2D eigenvalue weighted by molar-refractivity contribution is -0.118. The summed E-state index contributed by atoms with van der Waals surface area (Å²) in [6.07, 6.45) is 1.42. The van der Waals surface area contributed by atoms with E-state index >= 15 is 0 Å². The van der Waals surface area contributed by atoms with Crippen LogP contribution in [-0.4, -0.2) is 38.8 Å². The predicted octanol–water partition coefficient (Wildman–Crippen LogP) is 3.03. The quantitative estimate of drug-likeness (QED) is 0.741. The fourth-order valence-electron chi connectivity index (χ4n) is 3.30. The Bertz CT molecular complexity index is 730. The number of ether oxygens (including phenoxy) is 2. The standard InChI is InChI=1S/C21H26N2O3/c1-16-15-17-5-3-4-6-20(17)23(16)21(24)11-12-22-13-14-26-19-9-7-18(25-2)8-10-19/h3-10,16,22H,11-15H2,1-2H3. The number of amides is 1. The third-order valence-corrected chi connectivity index (χ3v) is 4.60. The van der Waals surface area contributed by atoms with Crippen molar-refractivity contribution in [3.05, 3.63) is 54.1 Å². The average molecular weight is 354 g/mol. The number of carbonyl (C=O) groups excluding carboxylic acids is 1. The molecule has 1 aliphatic heterocycles. The third kappa shape index (κ3) is 4.35. The number of benzene rings is 2. The summed E-state index contributed by atoms with van der Waals surface area (Å²) in [5, 5.41) is 3.27. The van der Waals surface area contributed by atoms with Gasteiger partial charge in [0.2, 0.25) is 5.91 Å². The molecule has 0 fully saturated rings. The van der Waals surface area contributed by atoms with E-state index in [0.29, 0.717) is 26.1 Å². The molecular formula is C21H26N2O3. The SMILES string of the molecule is COc1ccc(OCCNCCC(=O)N2c3ccccc3CC2C)cc1. The van der Waals surface area contributed by atoms with Crippen LogP contribution in [0.25, 0.3) is 0 Å². The summed E-state index contributed by atoms with van der Waals surface area (Å²) >= 11 is 0. The number of anilines is 1. The van der Waals surface area contributed by atoms with Crippen molar-refractivity contribution in [3.63, 3.8) is 0 Å². The molecule has 0 saturated carbocycles. The summed E-state index contributed by atoms with van der Waals surface area (Å²) in [5.74, 6) is 1.80. The van der Waals surface area contributed by atoms with E-state index in [1.807, 2.05) is 47.4 Å². The smallest absolute Gasteiger partial charge is 0.228 e. The van der Waals surface area contributed by atoms with Crippen LogP contribution >= 0.6 is 0 Å². The Morgan fingerprint density at radius 3 is 2.62 bits per heavy atom. The summed E-state index contributed by atoms with van der Waals surface area (Å²) in [6, 6.07) is 15.9. The Morgan fingerprint density at radius 2 is 1.85 bits per heavy atom. The molecule has 1 heterocycles. The van der Waals surface area contributed by atoms with Gasteiger partial charge in [0.15, 0.2) is 0 Å². The highest BCUT2D eigenvalue weighted by Crippen LogP contribution is 2.32. The molecular weight excluding hydrogens is 328 g/mol. The van der Waals surface area contributed by atoms with Gasteiger partial charge in [0.1, 0.15) is 18.1 Å². The minimum absolute atomic E-state index is 0.172. The average Bonchev–Trinajstić information content (AvgIpc) is 3.00. The van der Waals surface area contributed by atoms with Crippen molar-refractivity contribution in [2.75, 3.05) is 31.7 Å². The fraction of sp³-hybridized carbons (Fsp3) is 0.381. The van der Waals surface area contributed by atoms with Gasteiger partial charge in [0.05, 0.1) is 7.11 Å². The number of hydrogen-bond donors (Lipinski definition) is 1. The lowest BCUT2D eigenvalue weighted by atomic mass is 10.1. The second-order valence-electron chi connectivity index (χ2n) is 6.47. The molecule has 0 bridgehead atoms.